The summed E-state index contributed by atoms with van der Waals surface area (Å²) in [5.41, 5.74) is 0.762. The van der Waals surface area contributed by atoms with E-state index in [1.165, 1.54) is 0 Å². The minimum Gasteiger partial charge on any atom is -0.393 e. The second-order valence-electron chi connectivity index (χ2n) is 3.81. The lowest BCUT2D eigenvalue weighted by atomic mass is 10.1. The van der Waals surface area contributed by atoms with E-state index in [1.807, 2.05) is 13.8 Å². The minimum absolute atomic E-state index is 0.0705. The predicted molar refractivity (Wildman–Crippen MR) is 44.9 cm³/mol. The maximum absolute atomic E-state index is 8.92. The number of aliphatic hydroxyl groups excluding tert-OH is 1. The summed E-state index contributed by atoms with van der Waals surface area (Å²) >= 11 is 0. The van der Waals surface area contributed by atoms with Gasteiger partial charge in [-0.05, 0) is 19.4 Å². The van der Waals surface area contributed by atoms with E-state index in [2.05, 4.69) is 6.58 Å². The van der Waals surface area contributed by atoms with Gasteiger partial charge in [0, 0.05) is 0 Å². The summed E-state index contributed by atoms with van der Waals surface area (Å²) in [6.45, 7) is 7.41. The SMILES string of the molecule is C=C1[C@H]2OC(C)(C)O[C@H]2O[C@@H]1CO. The first-order valence-electron chi connectivity index (χ1n) is 4.34. The summed E-state index contributed by atoms with van der Waals surface area (Å²) in [6.07, 6.45) is -0.974. The van der Waals surface area contributed by atoms with Crippen molar-refractivity contribution in [1.82, 2.24) is 0 Å². The van der Waals surface area contributed by atoms with Gasteiger partial charge < -0.3 is 19.3 Å². The van der Waals surface area contributed by atoms with Gasteiger partial charge in [0.25, 0.3) is 0 Å². The van der Waals surface area contributed by atoms with E-state index in [9.17, 15) is 0 Å². The van der Waals surface area contributed by atoms with Crippen molar-refractivity contribution in [3.05, 3.63) is 12.2 Å². The molecule has 2 fully saturated rings. The minimum atomic E-state index is -0.612. The summed E-state index contributed by atoms with van der Waals surface area (Å²) in [4.78, 5) is 0. The van der Waals surface area contributed by atoms with Crippen molar-refractivity contribution in [3.63, 3.8) is 0 Å². The van der Waals surface area contributed by atoms with Crippen LogP contribution in [0.1, 0.15) is 13.8 Å². The highest BCUT2D eigenvalue weighted by molar-refractivity contribution is 5.17. The number of rotatable bonds is 1. The van der Waals surface area contributed by atoms with Gasteiger partial charge in [0.05, 0.1) is 6.61 Å². The van der Waals surface area contributed by atoms with Crippen LogP contribution in [0, 0.1) is 0 Å². The highest BCUT2D eigenvalue weighted by atomic mass is 16.8. The van der Waals surface area contributed by atoms with Gasteiger partial charge in [-0.2, -0.15) is 0 Å². The molecule has 0 aromatic carbocycles. The Bertz CT molecular complexity index is 236. The van der Waals surface area contributed by atoms with Crippen molar-refractivity contribution in [2.75, 3.05) is 6.61 Å². The molecule has 0 radical (unpaired) electrons. The van der Waals surface area contributed by atoms with Crippen LogP contribution in [0.5, 0.6) is 0 Å². The number of hydrogen-bond acceptors (Lipinski definition) is 4. The van der Waals surface area contributed by atoms with Gasteiger partial charge in [-0.1, -0.05) is 6.58 Å². The monoisotopic (exact) mass is 186 g/mol. The molecule has 13 heavy (non-hydrogen) atoms. The van der Waals surface area contributed by atoms with Crippen LogP contribution in [0.3, 0.4) is 0 Å². The largest absolute Gasteiger partial charge is 0.393 e. The first kappa shape index (κ1) is 9.15. The molecular weight excluding hydrogens is 172 g/mol. The molecule has 0 spiro atoms. The summed E-state index contributed by atoms with van der Waals surface area (Å²) < 4.78 is 16.4. The molecule has 0 saturated carbocycles. The van der Waals surface area contributed by atoms with Crippen molar-refractivity contribution in [1.29, 1.82) is 0 Å². The van der Waals surface area contributed by atoms with Gasteiger partial charge in [-0.3, -0.25) is 0 Å². The molecule has 0 aromatic rings. The molecule has 2 heterocycles. The Morgan fingerprint density at radius 1 is 1.46 bits per heavy atom. The molecule has 3 atom stereocenters. The van der Waals surface area contributed by atoms with E-state index in [4.69, 9.17) is 19.3 Å². The topological polar surface area (TPSA) is 47.9 Å². The number of aliphatic hydroxyl groups is 1. The van der Waals surface area contributed by atoms with Gasteiger partial charge >= 0.3 is 0 Å². The lowest BCUT2D eigenvalue weighted by Crippen LogP contribution is -2.26. The van der Waals surface area contributed by atoms with Gasteiger partial charge in [0.15, 0.2) is 12.1 Å². The van der Waals surface area contributed by atoms with E-state index >= 15 is 0 Å². The Kier molecular flexibility index (Phi) is 1.96. The molecule has 2 rings (SSSR count). The third kappa shape index (κ3) is 1.40. The number of hydrogen-bond donors (Lipinski definition) is 1. The van der Waals surface area contributed by atoms with Gasteiger partial charge in [0.1, 0.15) is 12.2 Å². The Morgan fingerprint density at radius 2 is 2.15 bits per heavy atom. The molecule has 2 aliphatic heterocycles. The van der Waals surface area contributed by atoms with Crippen LogP contribution in [0.2, 0.25) is 0 Å². The molecule has 2 saturated heterocycles. The van der Waals surface area contributed by atoms with Crippen molar-refractivity contribution >= 4 is 0 Å². The summed E-state index contributed by atoms with van der Waals surface area (Å²) in [5.74, 6) is -0.612. The average Bonchev–Trinajstić information content (AvgIpc) is 2.47. The van der Waals surface area contributed by atoms with Crippen LogP contribution >= 0.6 is 0 Å². The summed E-state index contributed by atoms with van der Waals surface area (Å²) in [5, 5.41) is 8.92. The quantitative estimate of drug-likeness (QED) is 0.602. The molecule has 0 bridgehead atoms. The molecule has 2 aliphatic rings. The molecule has 0 aromatic heterocycles. The van der Waals surface area contributed by atoms with Gasteiger partial charge in [-0.25, -0.2) is 0 Å². The third-order valence-corrected chi connectivity index (χ3v) is 2.30. The van der Waals surface area contributed by atoms with Crippen LogP contribution in [0.4, 0.5) is 0 Å². The van der Waals surface area contributed by atoms with E-state index < -0.39 is 12.1 Å². The Hall–Kier alpha value is -0.420. The average molecular weight is 186 g/mol. The normalized spacial score (nSPS) is 42.4. The van der Waals surface area contributed by atoms with E-state index in [1.54, 1.807) is 0 Å². The van der Waals surface area contributed by atoms with Crippen LogP contribution in [-0.2, 0) is 14.2 Å². The highest BCUT2D eigenvalue weighted by Crippen LogP contribution is 2.39. The maximum atomic E-state index is 8.92. The molecule has 4 nitrogen and oxygen atoms in total. The van der Waals surface area contributed by atoms with Crippen molar-refractivity contribution in [2.45, 2.75) is 38.1 Å². The van der Waals surface area contributed by atoms with E-state index in [-0.39, 0.29) is 18.8 Å². The van der Waals surface area contributed by atoms with E-state index in [0.717, 1.165) is 5.57 Å². The first-order valence-corrected chi connectivity index (χ1v) is 4.34. The van der Waals surface area contributed by atoms with Crippen molar-refractivity contribution in [3.8, 4) is 0 Å². The molecule has 4 heteroatoms. The molecule has 1 N–H and O–H groups in total. The van der Waals surface area contributed by atoms with Crippen molar-refractivity contribution in [2.24, 2.45) is 0 Å². The highest BCUT2D eigenvalue weighted by Gasteiger charge is 2.50. The second kappa shape index (κ2) is 2.78. The molecule has 74 valence electrons. The standard InChI is InChI=1S/C9H14O4/c1-5-6(4-10)11-8-7(5)12-9(2,3)13-8/h6-8,10H,1,4H2,2-3H3/t6-,7-,8-/m1/s1. The second-order valence-corrected chi connectivity index (χ2v) is 3.81. The summed E-state index contributed by atoms with van der Waals surface area (Å²) in [6, 6.07) is 0. The number of ether oxygens (including phenoxy) is 3. The smallest absolute Gasteiger partial charge is 0.191 e. The zero-order valence-electron chi connectivity index (χ0n) is 7.82. The predicted octanol–water partition coefficient (Wildman–Crippen LogP) is 0.411. The lowest BCUT2D eigenvalue weighted by Gasteiger charge is -2.20. The first-order chi connectivity index (χ1) is 6.03. The van der Waals surface area contributed by atoms with Gasteiger partial charge in [-0.15, -0.1) is 0 Å². The van der Waals surface area contributed by atoms with Gasteiger partial charge in [0.2, 0.25) is 0 Å². The zero-order chi connectivity index (χ0) is 9.64. The van der Waals surface area contributed by atoms with Crippen LogP contribution in [0.25, 0.3) is 0 Å². The fraction of sp³-hybridized carbons (Fsp3) is 0.778. The van der Waals surface area contributed by atoms with E-state index in [0.29, 0.717) is 0 Å². The maximum Gasteiger partial charge on any atom is 0.191 e. The zero-order valence-corrected chi connectivity index (χ0v) is 7.82. The Labute approximate surface area is 77.1 Å². The van der Waals surface area contributed by atoms with Crippen molar-refractivity contribution < 1.29 is 19.3 Å². The molecule has 0 amide bonds. The molecule has 0 unspecified atom stereocenters. The summed E-state index contributed by atoms with van der Waals surface area (Å²) in [7, 11) is 0. The third-order valence-electron chi connectivity index (χ3n) is 2.30. The Morgan fingerprint density at radius 3 is 2.69 bits per heavy atom. The van der Waals surface area contributed by atoms with Crippen LogP contribution in [-0.4, -0.2) is 36.0 Å². The van der Waals surface area contributed by atoms with Crippen LogP contribution < -0.4 is 0 Å². The lowest BCUT2D eigenvalue weighted by molar-refractivity contribution is -0.202. The molecule has 0 aliphatic carbocycles. The fourth-order valence-electron chi connectivity index (χ4n) is 1.67. The number of fused-ring (bicyclic) bond motifs is 1. The fourth-order valence-corrected chi connectivity index (χ4v) is 1.67. The van der Waals surface area contributed by atoms with Crippen LogP contribution in [0.15, 0.2) is 12.2 Å². The molecular formula is C9H14O4. The Balaban J connectivity index is 2.11.